The topological polar surface area (TPSA) is 21.3 Å². The van der Waals surface area contributed by atoms with Gasteiger partial charge in [-0.3, -0.25) is 0 Å². The van der Waals surface area contributed by atoms with Crippen molar-refractivity contribution in [1.82, 2.24) is 0 Å². The van der Waals surface area contributed by atoms with Crippen molar-refractivity contribution >= 4 is 5.69 Å². The molecule has 0 spiro atoms. The molecule has 19 heavy (non-hydrogen) atoms. The van der Waals surface area contributed by atoms with Crippen LogP contribution in [0.1, 0.15) is 18.5 Å². The van der Waals surface area contributed by atoms with Crippen LogP contribution < -0.4 is 10.1 Å². The van der Waals surface area contributed by atoms with Crippen molar-refractivity contribution in [1.29, 1.82) is 0 Å². The van der Waals surface area contributed by atoms with Gasteiger partial charge in [-0.1, -0.05) is 12.1 Å². The SMILES string of the molecule is COc1ccc(C(C)Nc2cccc(F)c2)c(F)c1. The molecule has 0 saturated carbocycles. The van der Waals surface area contributed by atoms with Crippen LogP contribution in [0.25, 0.3) is 0 Å². The first-order valence-electron chi connectivity index (χ1n) is 5.95. The molecule has 0 fully saturated rings. The fourth-order valence-electron chi connectivity index (χ4n) is 1.89. The Morgan fingerprint density at radius 3 is 2.53 bits per heavy atom. The zero-order valence-corrected chi connectivity index (χ0v) is 10.8. The lowest BCUT2D eigenvalue weighted by molar-refractivity contribution is 0.410. The Hall–Kier alpha value is -2.10. The molecular weight excluding hydrogens is 248 g/mol. The minimum atomic E-state index is -0.351. The van der Waals surface area contributed by atoms with Crippen LogP contribution in [-0.2, 0) is 0 Å². The van der Waals surface area contributed by atoms with Crippen LogP contribution >= 0.6 is 0 Å². The van der Waals surface area contributed by atoms with Crippen molar-refractivity contribution < 1.29 is 13.5 Å². The highest BCUT2D eigenvalue weighted by atomic mass is 19.1. The molecule has 0 aromatic heterocycles. The summed E-state index contributed by atoms with van der Waals surface area (Å²) in [5.74, 6) is -0.206. The van der Waals surface area contributed by atoms with E-state index in [2.05, 4.69) is 5.32 Å². The summed E-state index contributed by atoms with van der Waals surface area (Å²) in [5.41, 5.74) is 1.12. The van der Waals surface area contributed by atoms with E-state index in [-0.39, 0.29) is 17.7 Å². The van der Waals surface area contributed by atoms with Crippen molar-refractivity contribution in [2.75, 3.05) is 12.4 Å². The summed E-state index contributed by atoms with van der Waals surface area (Å²) in [4.78, 5) is 0. The summed E-state index contributed by atoms with van der Waals surface area (Å²) >= 11 is 0. The van der Waals surface area contributed by atoms with Crippen LogP contribution in [-0.4, -0.2) is 7.11 Å². The average molecular weight is 263 g/mol. The van der Waals surface area contributed by atoms with Gasteiger partial charge in [0.15, 0.2) is 0 Å². The number of ether oxygens (including phenoxy) is 1. The summed E-state index contributed by atoms with van der Waals surface area (Å²) in [7, 11) is 1.49. The van der Waals surface area contributed by atoms with Gasteiger partial charge >= 0.3 is 0 Å². The van der Waals surface area contributed by atoms with E-state index in [0.29, 0.717) is 17.0 Å². The Kier molecular flexibility index (Phi) is 4.00. The molecule has 2 nitrogen and oxygen atoms in total. The van der Waals surface area contributed by atoms with Crippen LogP contribution in [0.4, 0.5) is 14.5 Å². The first kappa shape index (κ1) is 13.3. The quantitative estimate of drug-likeness (QED) is 0.894. The Bertz CT molecular complexity index is 572. The van der Waals surface area contributed by atoms with Crippen molar-refractivity contribution in [2.45, 2.75) is 13.0 Å². The summed E-state index contributed by atoms with van der Waals surface area (Å²) in [6, 6.07) is 10.5. The van der Waals surface area contributed by atoms with E-state index in [9.17, 15) is 8.78 Å². The zero-order chi connectivity index (χ0) is 13.8. The lowest BCUT2D eigenvalue weighted by Gasteiger charge is -2.17. The van der Waals surface area contributed by atoms with Crippen LogP contribution in [0.3, 0.4) is 0 Å². The van der Waals surface area contributed by atoms with Gasteiger partial charge in [-0.25, -0.2) is 8.78 Å². The number of halogens is 2. The molecule has 0 saturated heterocycles. The number of methoxy groups -OCH3 is 1. The smallest absolute Gasteiger partial charge is 0.132 e. The second-order valence-electron chi connectivity index (χ2n) is 4.26. The minimum absolute atomic E-state index is 0.271. The number of rotatable bonds is 4. The van der Waals surface area contributed by atoms with E-state index in [0.717, 1.165) is 0 Å². The third kappa shape index (κ3) is 3.22. The Morgan fingerprint density at radius 1 is 1.11 bits per heavy atom. The second kappa shape index (κ2) is 5.69. The number of anilines is 1. The average Bonchev–Trinajstić information content (AvgIpc) is 2.38. The fraction of sp³-hybridized carbons (Fsp3) is 0.200. The Balaban J connectivity index is 2.18. The first-order chi connectivity index (χ1) is 9.10. The second-order valence-corrected chi connectivity index (χ2v) is 4.26. The molecule has 100 valence electrons. The molecule has 1 unspecified atom stereocenters. The zero-order valence-electron chi connectivity index (χ0n) is 10.8. The lowest BCUT2D eigenvalue weighted by Crippen LogP contribution is -2.08. The van der Waals surface area contributed by atoms with Crippen LogP contribution in [0.5, 0.6) is 5.75 Å². The predicted molar refractivity (Wildman–Crippen MR) is 71.4 cm³/mol. The molecule has 0 aliphatic heterocycles. The highest BCUT2D eigenvalue weighted by molar-refractivity contribution is 5.46. The maximum atomic E-state index is 13.9. The van der Waals surface area contributed by atoms with E-state index in [1.807, 2.05) is 6.92 Å². The highest BCUT2D eigenvalue weighted by Gasteiger charge is 2.11. The molecule has 0 radical (unpaired) electrons. The van der Waals surface area contributed by atoms with E-state index in [1.54, 1.807) is 24.3 Å². The molecule has 1 N–H and O–H groups in total. The van der Waals surface area contributed by atoms with Gasteiger partial charge in [0.1, 0.15) is 17.4 Å². The van der Waals surface area contributed by atoms with Gasteiger partial charge < -0.3 is 10.1 Å². The number of nitrogens with one attached hydrogen (secondary N) is 1. The van der Waals surface area contributed by atoms with Crippen LogP contribution in [0, 0.1) is 11.6 Å². The Morgan fingerprint density at radius 2 is 1.89 bits per heavy atom. The summed E-state index contributed by atoms with van der Waals surface area (Å²) in [5, 5.41) is 3.06. The van der Waals surface area contributed by atoms with Crippen molar-refractivity contribution in [2.24, 2.45) is 0 Å². The van der Waals surface area contributed by atoms with Gasteiger partial charge in [-0.15, -0.1) is 0 Å². The number of hydrogen-bond acceptors (Lipinski definition) is 2. The van der Waals surface area contributed by atoms with Gasteiger partial charge in [0.25, 0.3) is 0 Å². The van der Waals surface area contributed by atoms with Gasteiger partial charge in [0.05, 0.1) is 13.2 Å². The monoisotopic (exact) mass is 263 g/mol. The number of benzene rings is 2. The normalized spacial score (nSPS) is 12.0. The molecular formula is C15H15F2NO. The van der Waals surface area contributed by atoms with E-state index < -0.39 is 0 Å². The number of hydrogen-bond donors (Lipinski definition) is 1. The molecule has 0 aliphatic rings. The van der Waals surface area contributed by atoms with Gasteiger partial charge in [0, 0.05) is 17.3 Å². The summed E-state index contributed by atoms with van der Waals surface area (Å²) in [6.45, 7) is 1.82. The summed E-state index contributed by atoms with van der Waals surface area (Å²) in [6.07, 6.45) is 0. The van der Waals surface area contributed by atoms with Gasteiger partial charge in [0.2, 0.25) is 0 Å². The molecule has 0 amide bonds. The summed E-state index contributed by atoms with van der Waals surface area (Å²) < 4.78 is 31.9. The van der Waals surface area contributed by atoms with Crippen LogP contribution in [0.2, 0.25) is 0 Å². The Labute approximate surface area is 111 Å². The van der Waals surface area contributed by atoms with Gasteiger partial charge in [-0.05, 0) is 31.2 Å². The minimum Gasteiger partial charge on any atom is -0.497 e. The molecule has 1 atom stereocenters. The lowest BCUT2D eigenvalue weighted by atomic mass is 10.1. The highest BCUT2D eigenvalue weighted by Crippen LogP contribution is 2.25. The molecule has 2 rings (SSSR count). The third-order valence-corrected chi connectivity index (χ3v) is 2.88. The van der Waals surface area contributed by atoms with E-state index in [4.69, 9.17) is 4.74 Å². The molecule has 2 aromatic rings. The molecule has 0 bridgehead atoms. The molecule has 2 aromatic carbocycles. The maximum absolute atomic E-state index is 13.9. The molecule has 0 aliphatic carbocycles. The standard InChI is InChI=1S/C15H15F2NO/c1-10(18-12-5-3-4-11(16)8-12)14-7-6-13(19-2)9-15(14)17/h3-10,18H,1-2H3. The van der Waals surface area contributed by atoms with Crippen molar-refractivity contribution in [3.63, 3.8) is 0 Å². The van der Waals surface area contributed by atoms with E-state index in [1.165, 1.54) is 25.3 Å². The molecule has 0 heterocycles. The molecule has 4 heteroatoms. The van der Waals surface area contributed by atoms with Crippen LogP contribution in [0.15, 0.2) is 42.5 Å². The van der Waals surface area contributed by atoms with Crippen molar-refractivity contribution in [3.05, 3.63) is 59.7 Å². The van der Waals surface area contributed by atoms with Crippen molar-refractivity contribution in [3.8, 4) is 5.75 Å². The third-order valence-electron chi connectivity index (χ3n) is 2.88. The fourth-order valence-corrected chi connectivity index (χ4v) is 1.89. The largest absolute Gasteiger partial charge is 0.497 e. The van der Waals surface area contributed by atoms with Gasteiger partial charge in [-0.2, -0.15) is 0 Å². The first-order valence-corrected chi connectivity index (χ1v) is 5.95. The predicted octanol–water partition coefficient (Wildman–Crippen LogP) is 4.15. The maximum Gasteiger partial charge on any atom is 0.132 e. The van der Waals surface area contributed by atoms with E-state index >= 15 is 0 Å².